The predicted octanol–water partition coefficient (Wildman–Crippen LogP) is 2.39. The summed E-state index contributed by atoms with van der Waals surface area (Å²) in [5, 5.41) is 3.36. The third-order valence-corrected chi connectivity index (χ3v) is 3.00. The summed E-state index contributed by atoms with van der Waals surface area (Å²) in [7, 11) is 2.11. The second-order valence-electron chi connectivity index (χ2n) is 3.56. The molecule has 0 radical (unpaired) electrons. The fraction of sp³-hybridized carbons (Fsp3) is 0.455. The summed E-state index contributed by atoms with van der Waals surface area (Å²) in [6.45, 7) is 5.20. The Morgan fingerprint density at radius 3 is 2.80 bits per heavy atom. The Balaban J connectivity index is 2.44. The van der Waals surface area contributed by atoms with Gasteiger partial charge in [-0.25, -0.2) is 0 Å². The van der Waals surface area contributed by atoms with Crippen molar-refractivity contribution < 1.29 is 0 Å². The first-order valence-corrected chi connectivity index (χ1v) is 5.90. The van der Waals surface area contributed by atoms with Crippen LogP contribution in [-0.4, -0.2) is 31.6 Å². The lowest BCUT2D eigenvalue weighted by Gasteiger charge is -2.15. The van der Waals surface area contributed by atoms with Gasteiger partial charge in [0, 0.05) is 28.9 Å². The first-order valence-electron chi connectivity index (χ1n) is 5.11. The van der Waals surface area contributed by atoms with Gasteiger partial charge in [0.15, 0.2) is 0 Å². The van der Waals surface area contributed by atoms with Gasteiger partial charge in [0.25, 0.3) is 0 Å². The average Bonchev–Trinajstić information content (AvgIpc) is 2.21. The highest BCUT2D eigenvalue weighted by molar-refractivity contribution is 9.10. The Bertz CT molecular complexity index is 315. The van der Waals surface area contributed by atoms with Gasteiger partial charge >= 0.3 is 0 Å². The Morgan fingerprint density at radius 1 is 1.47 bits per heavy atom. The smallest absolute Gasteiger partial charge is 0.0486 e. The highest BCUT2D eigenvalue weighted by atomic mass is 79.9. The molecule has 4 heteroatoms. The van der Waals surface area contributed by atoms with Crippen molar-refractivity contribution in [3.63, 3.8) is 0 Å². The van der Waals surface area contributed by atoms with Crippen LogP contribution in [0.1, 0.15) is 6.92 Å². The van der Waals surface area contributed by atoms with Crippen LogP contribution in [0.15, 0.2) is 22.7 Å². The Morgan fingerprint density at radius 2 is 2.20 bits per heavy atom. The molecule has 0 saturated carbocycles. The van der Waals surface area contributed by atoms with Crippen LogP contribution in [-0.2, 0) is 0 Å². The maximum absolute atomic E-state index is 5.66. The van der Waals surface area contributed by atoms with Gasteiger partial charge in [-0.1, -0.05) is 6.92 Å². The van der Waals surface area contributed by atoms with Gasteiger partial charge in [-0.15, -0.1) is 0 Å². The molecular formula is C11H18BrN3. The van der Waals surface area contributed by atoms with Crippen LogP contribution in [0.3, 0.4) is 0 Å². The molecule has 1 aromatic carbocycles. The second-order valence-corrected chi connectivity index (χ2v) is 4.42. The topological polar surface area (TPSA) is 41.3 Å². The summed E-state index contributed by atoms with van der Waals surface area (Å²) in [5.41, 5.74) is 7.53. The lowest BCUT2D eigenvalue weighted by Crippen LogP contribution is -2.24. The normalized spacial score (nSPS) is 10.7. The number of nitrogen functional groups attached to an aromatic ring is 1. The van der Waals surface area contributed by atoms with E-state index in [2.05, 4.69) is 40.1 Å². The van der Waals surface area contributed by atoms with Crippen LogP contribution >= 0.6 is 15.9 Å². The minimum Gasteiger partial charge on any atom is -0.399 e. The van der Waals surface area contributed by atoms with E-state index >= 15 is 0 Å². The van der Waals surface area contributed by atoms with Crippen LogP contribution in [0, 0.1) is 0 Å². The van der Waals surface area contributed by atoms with Gasteiger partial charge in [0.05, 0.1) is 0 Å². The van der Waals surface area contributed by atoms with Gasteiger partial charge in [0.2, 0.25) is 0 Å². The summed E-state index contributed by atoms with van der Waals surface area (Å²) >= 11 is 3.48. The number of benzene rings is 1. The number of hydrogen-bond acceptors (Lipinski definition) is 3. The van der Waals surface area contributed by atoms with E-state index < -0.39 is 0 Å². The molecule has 15 heavy (non-hydrogen) atoms. The minimum absolute atomic E-state index is 0.776. The zero-order valence-corrected chi connectivity index (χ0v) is 10.8. The van der Waals surface area contributed by atoms with Crippen molar-refractivity contribution in [2.45, 2.75) is 6.92 Å². The van der Waals surface area contributed by atoms with Gasteiger partial charge in [-0.2, -0.15) is 0 Å². The number of halogens is 1. The van der Waals surface area contributed by atoms with Crippen LogP contribution in [0.4, 0.5) is 11.4 Å². The van der Waals surface area contributed by atoms with Crippen LogP contribution in [0.2, 0.25) is 0 Å². The van der Waals surface area contributed by atoms with Crippen LogP contribution < -0.4 is 11.1 Å². The molecule has 84 valence electrons. The van der Waals surface area contributed by atoms with E-state index in [4.69, 9.17) is 5.73 Å². The maximum atomic E-state index is 5.66. The molecule has 0 heterocycles. The summed E-state index contributed by atoms with van der Waals surface area (Å²) in [6.07, 6.45) is 0. The third kappa shape index (κ3) is 4.10. The number of nitrogens with one attached hydrogen (secondary N) is 1. The number of anilines is 2. The number of likely N-dealkylation sites (N-methyl/N-ethyl adjacent to an activating group) is 1. The summed E-state index contributed by atoms with van der Waals surface area (Å²) in [4.78, 5) is 2.26. The molecule has 0 spiro atoms. The molecule has 0 aliphatic heterocycles. The van der Waals surface area contributed by atoms with Crippen molar-refractivity contribution in [2.24, 2.45) is 0 Å². The molecule has 1 aromatic rings. The van der Waals surface area contributed by atoms with Crippen molar-refractivity contribution in [2.75, 3.05) is 37.7 Å². The molecule has 0 unspecified atom stereocenters. The van der Waals surface area contributed by atoms with Crippen molar-refractivity contribution in [1.82, 2.24) is 4.90 Å². The van der Waals surface area contributed by atoms with Gasteiger partial charge in [0.1, 0.15) is 0 Å². The van der Waals surface area contributed by atoms with Crippen molar-refractivity contribution >= 4 is 27.3 Å². The average molecular weight is 272 g/mol. The lowest BCUT2D eigenvalue weighted by molar-refractivity contribution is 0.367. The Kier molecular flexibility index (Phi) is 4.91. The summed E-state index contributed by atoms with van der Waals surface area (Å²) in [5.74, 6) is 0. The highest BCUT2D eigenvalue weighted by Gasteiger charge is 1.99. The van der Waals surface area contributed by atoms with Gasteiger partial charge in [-0.3, -0.25) is 0 Å². The molecule has 0 bridgehead atoms. The van der Waals surface area contributed by atoms with E-state index in [1.807, 2.05) is 18.2 Å². The standard InChI is InChI=1S/C11H18BrN3/c1-3-15(2)7-6-14-11-5-4-9(13)8-10(11)12/h4-5,8,14H,3,6-7,13H2,1-2H3. The Labute approximate surface area is 99.8 Å². The molecule has 1 rings (SSSR count). The van der Waals surface area contributed by atoms with E-state index in [0.717, 1.165) is 35.5 Å². The van der Waals surface area contributed by atoms with Crippen molar-refractivity contribution in [3.8, 4) is 0 Å². The van der Waals surface area contributed by atoms with Crippen molar-refractivity contribution in [1.29, 1.82) is 0 Å². The zero-order chi connectivity index (χ0) is 11.3. The fourth-order valence-corrected chi connectivity index (χ4v) is 1.75. The van der Waals surface area contributed by atoms with Crippen molar-refractivity contribution in [3.05, 3.63) is 22.7 Å². The predicted molar refractivity (Wildman–Crippen MR) is 70.2 cm³/mol. The monoisotopic (exact) mass is 271 g/mol. The lowest BCUT2D eigenvalue weighted by atomic mass is 10.3. The molecule has 0 fully saturated rings. The maximum Gasteiger partial charge on any atom is 0.0486 e. The molecule has 0 aliphatic rings. The molecular weight excluding hydrogens is 254 g/mol. The molecule has 0 aromatic heterocycles. The summed E-state index contributed by atoms with van der Waals surface area (Å²) in [6, 6.07) is 5.80. The fourth-order valence-electron chi connectivity index (χ4n) is 1.21. The van der Waals surface area contributed by atoms with Gasteiger partial charge < -0.3 is 16.0 Å². The first kappa shape index (κ1) is 12.3. The molecule has 0 amide bonds. The number of rotatable bonds is 5. The number of hydrogen-bond donors (Lipinski definition) is 2. The highest BCUT2D eigenvalue weighted by Crippen LogP contribution is 2.24. The third-order valence-electron chi connectivity index (χ3n) is 2.34. The molecule has 0 saturated heterocycles. The number of nitrogens with two attached hydrogens (primary N) is 1. The van der Waals surface area contributed by atoms with E-state index in [1.165, 1.54) is 0 Å². The molecule has 0 aliphatic carbocycles. The summed E-state index contributed by atoms with van der Waals surface area (Å²) < 4.78 is 1.02. The number of nitrogens with zero attached hydrogens (tertiary/aromatic N) is 1. The zero-order valence-electron chi connectivity index (χ0n) is 9.26. The first-order chi connectivity index (χ1) is 7.13. The molecule has 3 N–H and O–H groups in total. The van der Waals surface area contributed by atoms with Crippen LogP contribution in [0.5, 0.6) is 0 Å². The molecule has 0 atom stereocenters. The van der Waals surface area contributed by atoms with E-state index in [1.54, 1.807) is 0 Å². The van der Waals surface area contributed by atoms with E-state index in [9.17, 15) is 0 Å². The minimum atomic E-state index is 0.776. The quantitative estimate of drug-likeness (QED) is 0.809. The van der Waals surface area contributed by atoms with Crippen LogP contribution in [0.25, 0.3) is 0 Å². The largest absolute Gasteiger partial charge is 0.399 e. The second kappa shape index (κ2) is 5.98. The Hall–Kier alpha value is -0.740. The SMILES string of the molecule is CCN(C)CCNc1ccc(N)cc1Br. The van der Waals surface area contributed by atoms with E-state index in [0.29, 0.717) is 0 Å². The van der Waals surface area contributed by atoms with E-state index in [-0.39, 0.29) is 0 Å². The van der Waals surface area contributed by atoms with Gasteiger partial charge in [-0.05, 0) is 47.7 Å². The molecule has 3 nitrogen and oxygen atoms in total.